The van der Waals surface area contributed by atoms with E-state index in [0.717, 1.165) is 50.6 Å². The number of ether oxygens (including phenoxy) is 1. The van der Waals surface area contributed by atoms with Gasteiger partial charge in [-0.15, -0.1) is 0 Å². The van der Waals surface area contributed by atoms with Crippen LogP contribution in [0, 0.1) is 0 Å². The highest BCUT2D eigenvalue weighted by Gasteiger charge is 2.20. The molecule has 0 saturated carbocycles. The number of rotatable bonds is 9. The molecule has 4 rings (SSSR count). The van der Waals surface area contributed by atoms with Crippen molar-refractivity contribution in [3.8, 4) is 11.5 Å². The molecule has 2 aromatic carbocycles. The van der Waals surface area contributed by atoms with Crippen molar-refractivity contribution < 1.29 is 13.9 Å². The average molecular weight is 435 g/mol. The number of carbonyl (C=O) groups excluding carboxylic acids is 1. The lowest BCUT2D eigenvalue weighted by Gasteiger charge is -2.34. The number of aromatic nitrogens is 1. The number of carbonyl (C=O) groups is 1. The van der Waals surface area contributed by atoms with E-state index < -0.39 is 0 Å². The van der Waals surface area contributed by atoms with Crippen LogP contribution in [0.25, 0.3) is 0 Å². The maximum absolute atomic E-state index is 12.0. The molecule has 1 N–H and O–H groups in total. The fourth-order valence-corrected chi connectivity index (χ4v) is 3.70. The lowest BCUT2D eigenvalue weighted by atomic mass is 10.2. The van der Waals surface area contributed by atoms with Crippen molar-refractivity contribution in [1.29, 1.82) is 0 Å². The molecule has 1 fully saturated rings. The second-order valence-corrected chi connectivity index (χ2v) is 8.00. The summed E-state index contributed by atoms with van der Waals surface area (Å²) in [6.45, 7) is 7.96. The normalized spacial score (nSPS) is 14.9. The van der Waals surface area contributed by atoms with Gasteiger partial charge in [-0.25, -0.2) is 4.98 Å². The Hall–Kier alpha value is -3.16. The smallest absolute Gasteiger partial charge is 0.273 e. The van der Waals surface area contributed by atoms with Crippen LogP contribution in [0.4, 0.5) is 0 Å². The average Bonchev–Trinajstić information content (AvgIpc) is 3.28. The standard InChI is InChI=1S/C25H30N4O3/c1-2-11-26-25(30)23-19-31-24(27-23)18-29-14-12-28(13-15-29)17-20-7-6-10-22(16-20)32-21-8-4-3-5-9-21/h3-10,16,19H,2,11-15,17-18H2,1H3,(H,26,30). The summed E-state index contributed by atoms with van der Waals surface area (Å²) in [5, 5.41) is 2.82. The van der Waals surface area contributed by atoms with Crippen molar-refractivity contribution >= 4 is 5.91 Å². The Morgan fingerprint density at radius 1 is 1.00 bits per heavy atom. The van der Waals surface area contributed by atoms with E-state index >= 15 is 0 Å². The summed E-state index contributed by atoms with van der Waals surface area (Å²) < 4.78 is 11.5. The first-order chi connectivity index (χ1) is 15.7. The first kappa shape index (κ1) is 22.0. The predicted molar refractivity (Wildman–Crippen MR) is 123 cm³/mol. The van der Waals surface area contributed by atoms with Gasteiger partial charge in [0.2, 0.25) is 5.89 Å². The zero-order valence-electron chi connectivity index (χ0n) is 18.5. The molecule has 3 aromatic rings. The third-order valence-corrected chi connectivity index (χ3v) is 5.43. The molecule has 0 spiro atoms. The number of hydrogen-bond donors (Lipinski definition) is 1. The Bertz CT molecular complexity index is 997. The molecular weight excluding hydrogens is 404 g/mol. The molecule has 0 unspecified atom stereocenters. The highest BCUT2D eigenvalue weighted by molar-refractivity contribution is 5.91. The van der Waals surface area contributed by atoms with Gasteiger partial charge in [-0.1, -0.05) is 37.3 Å². The molecule has 32 heavy (non-hydrogen) atoms. The van der Waals surface area contributed by atoms with Crippen LogP contribution in [0.1, 0.15) is 35.3 Å². The number of hydrogen-bond acceptors (Lipinski definition) is 6. The Labute approximate surface area is 189 Å². The Morgan fingerprint density at radius 2 is 1.72 bits per heavy atom. The lowest BCUT2D eigenvalue weighted by Crippen LogP contribution is -2.45. The van der Waals surface area contributed by atoms with Crippen LogP contribution in [0.3, 0.4) is 0 Å². The van der Waals surface area contributed by atoms with E-state index in [0.29, 0.717) is 24.7 Å². The highest BCUT2D eigenvalue weighted by Crippen LogP contribution is 2.22. The molecule has 1 aromatic heterocycles. The monoisotopic (exact) mass is 434 g/mol. The molecule has 1 aliphatic heterocycles. The Balaban J connectivity index is 1.24. The number of amides is 1. The third kappa shape index (κ3) is 6.18. The number of para-hydroxylation sites is 1. The van der Waals surface area contributed by atoms with Gasteiger partial charge in [0.25, 0.3) is 5.91 Å². The second-order valence-electron chi connectivity index (χ2n) is 8.00. The zero-order chi connectivity index (χ0) is 22.2. The zero-order valence-corrected chi connectivity index (χ0v) is 18.5. The minimum atomic E-state index is -0.176. The van der Waals surface area contributed by atoms with E-state index in [1.165, 1.54) is 11.8 Å². The van der Waals surface area contributed by atoms with Crippen molar-refractivity contribution in [2.24, 2.45) is 0 Å². The van der Waals surface area contributed by atoms with Crippen LogP contribution in [0.15, 0.2) is 65.3 Å². The molecule has 1 saturated heterocycles. The van der Waals surface area contributed by atoms with Crippen LogP contribution < -0.4 is 10.1 Å². The van der Waals surface area contributed by atoms with Gasteiger partial charge in [0.05, 0.1) is 6.54 Å². The minimum absolute atomic E-state index is 0.176. The summed E-state index contributed by atoms with van der Waals surface area (Å²) in [7, 11) is 0. The second kappa shape index (κ2) is 10.9. The van der Waals surface area contributed by atoms with Crippen molar-refractivity contribution in [3.05, 3.63) is 78.0 Å². The number of benzene rings is 2. The molecule has 0 aliphatic carbocycles. The first-order valence-corrected chi connectivity index (χ1v) is 11.2. The van der Waals surface area contributed by atoms with E-state index in [9.17, 15) is 4.79 Å². The van der Waals surface area contributed by atoms with Crippen LogP contribution >= 0.6 is 0 Å². The molecule has 7 heteroatoms. The predicted octanol–water partition coefficient (Wildman–Crippen LogP) is 3.92. The summed E-state index contributed by atoms with van der Waals surface area (Å²) in [6.07, 6.45) is 2.34. The highest BCUT2D eigenvalue weighted by atomic mass is 16.5. The molecule has 168 valence electrons. The van der Waals surface area contributed by atoms with Gasteiger partial charge >= 0.3 is 0 Å². The van der Waals surface area contributed by atoms with E-state index in [2.05, 4.69) is 32.2 Å². The maximum atomic E-state index is 12.0. The van der Waals surface area contributed by atoms with E-state index in [4.69, 9.17) is 9.15 Å². The van der Waals surface area contributed by atoms with Crippen molar-refractivity contribution in [1.82, 2.24) is 20.1 Å². The topological polar surface area (TPSA) is 70.8 Å². The van der Waals surface area contributed by atoms with E-state index in [1.807, 2.05) is 49.4 Å². The maximum Gasteiger partial charge on any atom is 0.273 e. The van der Waals surface area contributed by atoms with Crippen LogP contribution in [-0.2, 0) is 13.1 Å². The van der Waals surface area contributed by atoms with Gasteiger partial charge in [0.1, 0.15) is 17.8 Å². The molecule has 7 nitrogen and oxygen atoms in total. The number of piperazine rings is 1. The fourth-order valence-electron chi connectivity index (χ4n) is 3.70. The van der Waals surface area contributed by atoms with Gasteiger partial charge in [-0.05, 0) is 36.2 Å². The van der Waals surface area contributed by atoms with E-state index in [1.54, 1.807) is 0 Å². The Morgan fingerprint density at radius 3 is 2.47 bits per heavy atom. The van der Waals surface area contributed by atoms with Gasteiger partial charge in [-0.3, -0.25) is 14.6 Å². The van der Waals surface area contributed by atoms with Gasteiger partial charge in [-0.2, -0.15) is 0 Å². The summed E-state index contributed by atoms with van der Waals surface area (Å²) in [5.41, 5.74) is 1.59. The molecule has 1 amide bonds. The lowest BCUT2D eigenvalue weighted by molar-refractivity contribution is 0.0948. The molecule has 0 bridgehead atoms. The third-order valence-electron chi connectivity index (χ3n) is 5.43. The molecule has 1 aliphatic rings. The van der Waals surface area contributed by atoms with Gasteiger partial charge < -0.3 is 14.5 Å². The van der Waals surface area contributed by atoms with Crippen molar-refractivity contribution in [2.45, 2.75) is 26.4 Å². The van der Waals surface area contributed by atoms with Crippen molar-refractivity contribution in [2.75, 3.05) is 32.7 Å². The molecule has 0 radical (unpaired) electrons. The molecule has 0 atom stereocenters. The first-order valence-electron chi connectivity index (χ1n) is 11.2. The summed E-state index contributed by atoms with van der Waals surface area (Å²) in [4.78, 5) is 21.1. The van der Waals surface area contributed by atoms with E-state index in [-0.39, 0.29) is 5.91 Å². The van der Waals surface area contributed by atoms with Crippen LogP contribution in [-0.4, -0.2) is 53.4 Å². The molecule has 2 heterocycles. The van der Waals surface area contributed by atoms with Crippen molar-refractivity contribution in [3.63, 3.8) is 0 Å². The summed E-state index contributed by atoms with van der Waals surface area (Å²) in [6, 6.07) is 18.1. The number of nitrogens with one attached hydrogen (secondary N) is 1. The fraction of sp³-hybridized carbons (Fsp3) is 0.360. The SMILES string of the molecule is CCCNC(=O)c1coc(CN2CCN(Cc3cccc(Oc4ccccc4)c3)CC2)n1. The van der Waals surface area contributed by atoms with Gasteiger partial charge in [0, 0.05) is 39.3 Å². The minimum Gasteiger partial charge on any atom is -0.457 e. The Kier molecular flexibility index (Phi) is 7.53. The van der Waals surface area contributed by atoms with Crippen LogP contribution in [0.2, 0.25) is 0 Å². The quantitative estimate of drug-likeness (QED) is 0.550. The molecular formula is C25H30N4O3. The largest absolute Gasteiger partial charge is 0.457 e. The number of nitrogens with zero attached hydrogens (tertiary/aromatic N) is 3. The van der Waals surface area contributed by atoms with Crippen LogP contribution in [0.5, 0.6) is 11.5 Å². The summed E-state index contributed by atoms with van der Waals surface area (Å²) >= 11 is 0. The number of oxazole rings is 1. The summed E-state index contributed by atoms with van der Waals surface area (Å²) in [5.74, 6) is 2.11. The van der Waals surface area contributed by atoms with Gasteiger partial charge in [0.15, 0.2) is 5.69 Å².